The summed E-state index contributed by atoms with van der Waals surface area (Å²) >= 11 is 1.38. The van der Waals surface area contributed by atoms with Gasteiger partial charge in [-0.25, -0.2) is 0 Å². The van der Waals surface area contributed by atoms with Crippen LogP contribution in [0.2, 0.25) is 0 Å². The van der Waals surface area contributed by atoms with E-state index in [0.29, 0.717) is 11.3 Å². The monoisotopic (exact) mass is 293 g/mol. The van der Waals surface area contributed by atoms with Gasteiger partial charge < -0.3 is 15.2 Å². The molecular formula is C15H19NO3S. The number of nitrogens with one attached hydrogen (secondary N) is 1. The topological polar surface area (TPSA) is 58.6 Å². The zero-order valence-electron chi connectivity index (χ0n) is 11.5. The van der Waals surface area contributed by atoms with Crippen LogP contribution in [0.25, 0.3) is 0 Å². The molecule has 2 atom stereocenters. The van der Waals surface area contributed by atoms with Crippen LogP contribution in [0.1, 0.15) is 41.4 Å². The summed E-state index contributed by atoms with van der Waals surface area (Å²) in [6.07, 6.45) is 2.59. The highest BCUT2D eigenvalue weighted by Gasteiger charge is 2.24. The largest absolute Gasteiger partial charge is 0.395 e. The number of carbonyl (C=O) groups excluding carboxylic acids is 1. The van der Waals surface area contributed by atoms with Crippen molar-refractivity contribution >= 4 is 17.2 Å². The van der Waals surface area contributed by atoms with Crippen molar-refractivity contribution in [3.63, 3.8) is 0 Å². The van der Waals surface area contributed by atoms with Crippen molar-refractivity contribution in [3.05, 3.63) is 21.9 Å². The van der Waals surface area contributed by atoms with E-state index in [2.05, 4.69) is 17.2 Å². The van der Waals surface area contributed by atoms with Crippen LogP contribution >= 0.6 is 11.3 Å². The van der Waals surface area contributed by atoms with Gasteiger partial charge in [0.25, 0.3) is 5.91 Å². The molecule has 2 rings (SSSR count). The molecular weight excluding hydrogens is 274 g/mol. The molecule has 1 fully saturated rings. The van der Waals surface area contributed by atoms with Crippen molar-refractivity contribution in [2.24, 2.45) is 0 Å². The number of ether oxygens (including phenoxy) is 1. The number of thiophene rings is 1. The average Bonchev–Trinajstić information content (AvgIpc) is 3.10. The summed E-state index contributed by atoms with van der Waals surface area (Å²) < 4.78 is 5.58. The molecule has 4 nitrogen and oxygen atoms in total. The summed E-state index contributed by atoms with van der Waals surface area (Å²) in [5.74, 6) is 5.67. The van der Waals surface area contributed by atoms with Crippen LogP contribution in [-0.4, -0.2) is 36.4 Å². The highest BCUT2D eigenvalue weighted by Crippen LogP contribution is 2.18. The average molecular weight is 293 g/mol. The number of amides is 1. The molecule has 0 saturated carbocycles. The SMILES string of the molecule is CC(NC(=O)c1sccc1C#CCCO)C1CCCO1. The van der Waals surface area contributed by atoms with Crippen LogP contribution in [0, 0.1) is 11.8 Å². The molecule has 1 aromatic heterocycles. The second-order valence-electron chi connectivity index (χ2n) is 4.75. The summed E-state index contributed by atoms with van der Waals surface area (Å²) in [4.78, 5) is 12.9. The van der Waals surface area contributed by atoms with Gasteiger partial charge >= 0.3 is 0 Å². The van der Waals surface area contributed by atoms with E-state index in [4.69, 9.17) is 9.84 Å². The first-order chi connectivity index (χ1) is 9.72. The van der Waals surface area contributed by atoms with Crippen molar-refractivity contribution in [2.75, 3.05) is 13.2 Å². The van der Waals surface area contributed by atoms with E-state index < -0.39 is 0 Å². The Morgan fingerprint density at radius 1 is 1.70 bits per heavy atom. The van der Waals surface area contributed by atoms with Crippen molar-refractivity contribution in [1.82, 2.24) is 5.32 Å². The molecule has 1 saturated heterocycles. The van der Waals surface area contributed by atoms with Crippen molar-refractivity contribution < 1.29 is 14.6 Å². The number of carbonyl (C=O) groups is 1. The van der Waals surface area contributed by atoms with Gasteiger partial charge in [0, 0.05) is 18.6 Å². The molecule has 0 aliphatic carbocycles. The predicted molar refractivity (Wildman–Crippen MR) is 78.8 cm³/mol. The maximum Gasteiger partial charge on any atom is 0.262 e. The van der Waals surface area contributed by atoms with Crippen LogP contribution in [0.5, 0.6) is 0 Å². The quantitative estimate of drug-likeness (QED) is 0.832. The minimum atomic E-state index is -0.101. The summed E-state index contributed by atoms with van der Waals surface area (Å²) in [5.41, 5.74) is 0.723. The molecule has 2 N–H and O–H groups in total. The van der Waals surface area contributed by atoms with Crippen molar-refractivity contribution in [3.8, 4) is 11.8 Å². The molecule has 1 amide bonds. The van der Waals surface area contributed by atoms with Crippen LogP contribution in [0.4, 0.5) is 0 Å². The van der Waals surface area contributed by atoms with Crippen LogP contribution in [0.15, 0.2) is 11.4 Å². The van der Waals surface area contributed by atoms with E-state index in [-0.39, 0.29) is 24.7 Å². The fourth-order valence-electron chi connectivity index (χ4n) is 2.16. The van der Waals surface area contributed by atoms with Gasteiger partial charge in [-0.3, -0.25) is 4.79 Å². The van der Waals surface area contributed by atoms with E-state index in [9.17, 15) is 4.79 Å². The molecule has 1 aliphatic heterocycles. The first kappa shape index (κ1) is 15.0. The normalized spacial score (nSPS) is 19.2. The van der Waals surface area contributed by atoms with Crippen molar-refractivity contribution in [1.29, 1.82) is 0 Å². The third kappa shape index (κ3) is 3.83. The predicted octanol–water partition coefficient (Wildman–Crippen LogP) is 1.78. The Labute approximate surface area is 123 Å². The summed E-state index contributed by atoms with van der Waals surface area (Å²) in [7, 11) is 0. The van der Waals surface area contributed by atoms with Crippen LogP contribution in [-0.2, 0) is 4.74 Å². The van der Waals surface area contributed by atoms with Gasteiger partial charge in [-0.2, -0.15) is 0 Å². The Balaban J connectivity index is 1.99. The van der Waals surface area contributed by atoms with Crippen LogP contribution < -0.4 is 5.32 Å². The Hall–Kier alpha value is -1.35. The molecule has 20 heavy (non-hydrogen) atoms. The van der Waals surface area contributed by atoms with Gasteiger partial charge in [0.2, 0.25) is 0 Å². The summed E-state index contributed by atoms with van der Waals surface area (Å²) in [5, 5.41) is 13.6. The Morgan fingerprint density at radius 3 is 3.25 bits per heavy atom. The first-order valence-electron chi connectivity index (χ1n) is 6.82. The van der Waals surface area contributed by atoms with Gasteiger partial charge in [0.1, 0.15) is 4.88 Å². The van der Waals surface area contributed by atoms with E-state index in [1.807, 2.05) is 18.4 Å². The Kier molecular flexibility index (Phi) is 5.60. The second-order valence-corrected chi connectivity index (χ2v) is 5.67. The standard InChI is InChI=1S/C15H19NO3S/c1-11(13-6-4-9-19-13)16-15(18)14-12(7-10-20-14)5-2-3-8-17/h7,10-11,13,17H,3-4,6,8-9H2,1H3,(H,16,18). The molecule has 1 aromatic rings. The van der Waals surface area contributed by atoms with E-state index in [0.717, 1.165) is 25.0 Å². The lowest BCUT2D eigenvalue weighted by Gasteiger charge is -2.19. The van der Waals surface area contributed by atoms with E-state index in [1.54, 1.807) is 0 Å². The minimum Gasteiger partial charge on any atom is -0.395 e. The lowest BCUT2D eigenvalue weighted by molar-refractivity contribution is 0.0714. The first-order valence-corrected chi connectivity index (χ1v) is 7.70. The van der Waals surface area contributed by atoms with Gasteiger partial charge in [-0.1, -0.05) is 11.8 Å². The number of hydrogen-bond acceptors (Lipinski definition) is 4. The Morgan fingerprint density at radius 2 is 2.55 bits per heavy atom. The second kappa shape index (κ2) is 7.44. The van der Waals surface area contributed by atoms with Crippen LogP contribution in [0.3, 0.4) is 0 Å². The maximum atomic E-state index is 12.3. The van der Waals surface area contributed by atoms with Gasteiger partial charge in [-0.05, 0) is 31.2 Å². The summed E-state index contributed by atoms with van der Waals surface area (Å²) in [6.45, 7) is 2.79. The zero-order valence-corrected chi connectivity index (χ0v) is 12.3. The molecule has 2 unspecified atom stereocenters. The minimum absolute atomic E-state index is 0.00495. The zero-order chi connectivity index (χ0) is 14.4. The number of rotatable bonds is 4. The van der Waals surface area contributed by atoms with E-state index in [1.165, 1.54) is 11.3 Å². The molecule has 108 valence electrons. The summed E-state index contributed by atoms with van der Waals surface area (Å²) in [6, 6.07) is 1.84. The smallest absolute Gasteiger partial charge is 0.262 e. The van der Waals surface area contributed by atoms with E-state index >= 15 is 0 Å². The van der Waals surface area contributed by atoms with Crippen molar-refractivity contribution in [2.45, 2.75) is 38.3 Å². The molecule has 0 aromatic carbocycles. The number of aliphatic hydroxyl groups is 1. The lowest BCUT2D eigenvalue weighted by Crippen LogP contribution is -2.40. The molecule has 0 bridgehead atoms. The highest BCUT2D eigenvalue weighted by molar-refractivity contribution is 7.12. The third-order valence-corrected chi connectivity index (χ3v) is 4.13. The molecule has 0 spiro atoms. The fourth-order valence-corrected chi connectivity index (χ4v) is 2.91. The number of aliphatic hydroxyl groups excluding tert-OH is 1. The number of hydrogen-bond donors (Lipinski definition) is 2. The lowest BCUT2D eigenvalue weighted by atomic mass is 10.1. The Bertz CT molecular complexity index is 509. The molecule has 5 heteroatoms. The highest BCUT2D eigenvalue weighted by atomic mass is 32.1. The van der Waals surface area contributed by atoms with Gasteiger partial charge in [0.05, 0.1) is 18.8 Å². The molecule has 1 aliphatic rings. The molecule has 2 heterocycles. The maximum absolute atomic E-state index is 12.3. The fraction of sp³-hybridized carbons (Fsp3) is 0.533. The van der Waals surface area contributed by atoms with Gasteiger partial charge in [0.15, 0.2) is 0 Å². The third-order valence-electron chi connectivity index (χ3n) is 3.21. The van der Waals surface area contributed by atoms with Gasteiger partial charge in [-0.15, -0.1) is 11.3 Å². The molecule has 0 radical (unpaired) electrons.